The highest BCUT2D eigenvalue weighted by Gasteiger charge is 2.12. The minimum absolute atomic E-state index is 0.106. The van der Waals surface area contributed by atoms with Crippen LogP contribution in [0.15, 0.2) is 41.3 Å². The Kier molecular flexibility index (Phi) is 5.89. The molecule has 0 spiro atoms. The van der Waals surface area contributed by atoms with Gasteiger partial charge >= 0.3 is 0 Å². The lowest BCUT2D eigenvalue weighted by atomic mass is 10.1. The van der Waals surface area contributed by atoms with Crippen molar-refractivity contribution in [3.8, 4) is 0 Å². The molecule has 1 N–H and O–H groups in total. The standard InChI is InChI=1S/C18H16Cl2N2OS2/c1-10(2)24-12-5-3-11(4-6-12)9-15(23)21-18-22-17-14(25-18)8-7-13(19)16(17)20/h3-8,10H,9H2,1-2H3,(H,21,22,23). The van der Waals surface area contributed by atoms with Crippen LogP contribution in [0, 0.1) is 0 Å². The third-order valence-corrected chi connectivity index (χ3v) is 6.10. The summed E-state index contributed by atoms with van der Waals surface area (Å²) in [5.74, 6) is -0.106. The third kappa shape index (κ3) is 4.67. The van der Waals surface area contributed by atoms with Gasteiger partial charge in [0, 0.05) is 10.1 Å². The van der Waals surface area contributed by atoms with E-state index in [-0.39, 0.29) is 5.91 Å². The van der Waals surface area contributed by atoms with Crippen molar-refractivity contribution in [2.75, 3.05) is 5.32 Å². The van der Waals surface area contributed by atoms with Gasteiger partial charge in [-0.2, -0.15) is 0 Å². The average molecular weight is 411 g/mol. The lowest BCUT2D eigenvalue weighted by Gasteiger charge is -2.06. The van der Waals surface area contributed by atoms with Crippen molar-refractivity contribution >= 4 is 67.6 Å². The lowest BCUT2D eigenvalue weighted by molar-refractivity contribution is -0.115. The van der Waals surface area contributed by atoms with Crippen LogP contribution in [-0.2, 0) is 11.2 Å². The van der Waals surface area contributed by atoms with Gasteiger partial charge in [0.25, 0.3) is 0 Å². The normalized spacial score (nSPS) is 11.2. The van der Waals surface area contributed by atoms with Crippen LogP contribution in [0.3, 0.4) is 0 Å². The van der Waals surface area contributed by atoms with Gasteiger partial charge in [0.15, 0.2) is 5.13 Å². The molecule has 3 aromatic rings. The Morgan fingerprint density at radius 3 is 2.60 bits per heavy atom. The summed E-state index contributed by atoms with van der Waals surface area (Å²) in [5, 5.41) is 4.76. The molecule has 2 aromatic carbocycles. The summed E-state index contributed by atoms with van der Waals surface area (Å²) < 4.78 is 0.889. The average Bonchev–Trinajstić information content (AvgIpc) is 2.95. The molecule has 1 aromatic heterocycles. The van der Waals surface area contributed by atoms with E-state index in [0.717, 1.165) is 10.3 Å². The van der Waals surface area contributed by atoms with E-state index in [0.29, 0.717) is 32.4 Å². The second kappa shape index (κ2) is 7.96. The molecule has 0 saturated carbocycles. The Morgan fingerprint density at radius 2 is 1.92 bits per heavy atom. The number of halogens is 2. The number of aromatic nitrogens is 1. The first kappa shape index (κ1) is 18.5. The minimum Gasteiger partial charge on any atom is -0.302 e. The minimum atomic E-state index is -0.106. The molecule has 7 heteroatoms. The number of benzene rings is 2. The van der Waals surface area contributed by atoms with Crippen LogP contribution in [0.1, 0.15) is 19.4 Å². The molecule has 0 aliphatic rings. The number of nitrogens with one attached hydrogen (secondary N) is 1. The Bertz CT molecular complexity index is 907. The SMILES string of the molecule is CC(C)Sc1ccc(CC(=O)Nc2nc3c(Cl)c(Cl)ccc3s2)cc1. The second-order valence-electron chi connectivity index (χ2n) is 5.76. The number of carbonyl (C=O) groups excluding carboxylic acids is 1. The summed E-state index contributed by atoms with van der Waals surface area (Å²) >= 11 is 15.3. The van der Waals surface area contributed by atoms with Crippen LogP contribution in [0.4, 0.5) is 5.13 Å². The fourth-order valence-electron chi connectivity index (χ4n) is 2.30. The number of rotatable bonds is 5. The van der Waals surface area contributed by atoms with Gasteiger partial charge in [-0.15, -0.1) is 11.8 Å². The van der Waals surface area contributed by atoms with Gasteiger partial charge in [0.2, 0.25) is 5.91 Å². The number of thioether (sulfide) groups is 1. The van der Waals surface area contributed by atoms with Crippen LogP contribution in [0.5, 0.6) is 0 Å². The predicted octanol–water partition coefficient (Wildman–Crippen LogP) is 6.28. The maximum atomic E-state index is 12.3. The van der Waals surface area contributed by atoms with E-state index in [2.05, 4.69) is 24.1 Å². The van der Waals surface area contributed by atoms with Gasteiger partial charge in [-0.25, -0.2) is 4.98 Å². The molecular formula is C18H16Cl2N2OS2. The number of thiazole rings is 1. The smallest absolute Gasteiger partial charge is 0.230 e. The van der Waals surface area contributed by atoms with Gasteiger partial charge in [-0.1, -0.05) is 60.5 Å². The van der Waals surface area contributed by atoms with E-state index in [4.69, 9.17) is 23.2 Å². The first-order valence-corrected chi connectivity index (χ1v) is 10.2. The molecule has 0 atom stereocenters. The van der Waals surface area contributed by atoms with Crippen LogP contribution in [-0.4, -0.2) is 16.1 Å². The molecule has 0 aliphatic carbocycles. The van der Waals surface area contributed by atoms with Crippen molar-refractivity contribution in [2.24, 2.45) is 0 Å². The van der Waals surface area contributed by atoms with Crippen LogP contribution >= 0.6 is 46.3 Å². The second-order valence-corrected chi connectivity index (χ2v) is 9.23. The molecule has 25 heavy (non-hydrogen) atoms. The number of hydrogen-bond acceptors (Lipinski definition) is 4. The molecule has 0 aliphatic heterocycles. The quantitative estimate of drug-likeness (QED) is 0.502. The van der Waals surface area contributed by atoms with Crippen molar-refractivity contribution in [2.45, 2.75) is 30.4 Å². The zero-order chi connectivity index (χ0) is 18.0. The Labute approximate surface area is 164 Å². The molecule has 0 fully saturated rings. The summed E-state index contributed by atoms with van der Waals surface area (Å²) in [5.41, 5.74) is 1.58. The zero-order valence-corrected chi connectivity index (χ0v) is 16.8. The van der Waals surface area contributed by atoms with E-state index in [1.54, 1.807) is 17.8 Å². The molecule has 130 valence electrons. The molecule has 0 radical (unpaired) electrons. The van der Waals surface area contributed by atoms with Crippen LogP contribution in [0.2, 0.25) is 10.0 Å². The summed E-state index contributed by atoms with van der Waals surface area (Å²) in [6, 6.07) is 11.6. The van der Waals surface area contributed by atoms with Crippen molar-refractivity contribution in [1.82, 2.24) is 4.98 Å². The van der Waals surface area contributed by atoms with Gasteiger partial charge in [-0.3, -0.25) is 4.79 Å². The summed E-state index contributed by atoms with van der Waals surface area (Å²) in [6.45, 7) is 4.31. The molecule has 1 heterocycles. The topological polar surface area (TPSA) is 42.0 Å². The van der Waals surface area contributed by atoms with E-state index >= 15 is 0 Å². The largest absolute Gasteiger partial charge is 0.302 e. The number of anilines is 1. The third-order valence-electron chi connectivity index (χ3n) is 3.36. The molecule has 3 nitrogen and oxygen atoms in total. The lowest BCUT2D eigenvalue weighted by Crippen LogP contribution is -2.14. The number of nitrogens with zero attached hydrogens (tertiary/aromatic N) is 1. The highest BCUT2D eigenvalue weighted by Crippen LogP contribution is 2.35. The Hall–Kier alpha value is -1.27. The van der Waals surface area contributed by atoms with Crippen molar-refractivity contribution in [3.05, 3.63) is 52.0 Å². The van der Waals surface area contributed by atoms with Gasteiger partial charge in [0.1, 0.15) is 5.52 Å². The number of fused-ring (bicyclic) bond motifs is 1. The van der Waals surface area contributed by atoms with E-state index in [1.807, 2.05) is 30.3 Å². The predicted molar refractivity (Wildman–Crippen MR) is 109 cm³/mol. The maximum absolute atomic E-state index is 12.3. The molecule has 3 rings (SSSR count). The molecule has 0 saturated heterocycles. The van der Waals surface area contributed by atoms with Gasteiger partial charge in [0.05, 0.1) is 21.2 Å². The Balaban J connectivity index is 1.67. The molecule has 0 bridgehead atoms. The molecule has 0 unspecified atom stereocenters. The van der Waals surface area contributed by atoms with Crippen molar-refractivity contribution < 1.29 is 4.79 Å². The van der Waals surface area contributed by atoms with Crippen LogP contribution in [0.25, 0.3) is 10.2 Å². The highest BCUT2D eigenvalue weighted by molar-refractivity contribution is 7.99. The van der Waals surface area contributed by atoms with Crippen molar-refractivity contribution in [3.63, 3.8) is 0 Å². The van der Waals surface area contributed by atoms with Crippen molar-refractivity contribution in [1.29, 1.82) is 0 Å². The van der Waals surface area contributed by atoms with E-state index in [1.165, 1.54) is 16.2 Å². The fraction of sp³-hybridized carbons (Fsp3) is 0.222. The highest BCUT2D eigenvalue weighted by atomic mass is 35.5. The molecular weight excluding hydrogens is 395 g/mol. The first-order valence-electron chi connectivity index (χ1n) is 7.72. The zero-order valence-electron chi connectivity index (χ0n) is 13.7. The number of hydrogen-bond donors (Lipinski definition) is 1. The van der Waals surface area contributed by atoms with E-state index in [9.17, 15) is 4.79 Å². The maximum Gasteiger partial charge on any atom is 0.230 e. The van der Waals surface area contributed by atoms with Gasteiger partial charge < -0.3 is 5.32 Å². The van der Waals surface area contributed by atoms with Crippen LogP contribution < -0.4 is 5.32 Å². The number of carbonyl (C=O) groups is 1. The van der Waals surface area contributed by atoms with E-state index < -0.39 is 0 Å². The fourth-order valence-corrected chi connectivity index (χ4v) is 4.44. The summed E-state index contributed by atoms with van der Waals surface area (Å²) in [7, 11) is 0. The molecule has 1 amide bonds. The summed E-state index contributed by atoms with van der Waals surface area (Å²) in [4.78, 5) is 17.8. The Morgan fingerprint density at radius 1 is 1.20 bits per heavy atom. The monoisotopic (exact) mass is 410 g/mol. The number of amides is 1. The first-order chi connectivity index (χ1) is 11.9. The summed E-state index contributed by atoms with van der Waals surface area (Å²) in [6.07, 6.45) is 0.303. The van der Waals surface area contributed by atoms with Gasteiger partial charge in [-0.05, 0) is 29.8 Å².